The first-order valence-electron chi connectivity index (χ1n) is 4.95. The van der Waals surface area contributed by atoms with Gasteiger partial charge in [0.25, 0.3) is 0 Å². The van der Waals surface area contributed by atoms with Gasteiger partial charge in [-0.25, -0.2) is 0 Å². The molecule has 2 heterocycles. The lowest BCUT2D eigenvalue weighted by Crippen LogP contribution is -2.52. The van der Waals surface area contributed by atoms with E-state index in [4.69, 9.17) is 10.5 Å². The molecule has 0 bridgehead atoms. The van der Waals surface area contributed by atoms with E-state index in [1.165, 1.54) is 25.9 Å². The molecule has 2 aliphatic heterocycles. The molecule has 3 heteroatoms. The van der Waals surface area contributed by atoms with Crippen molar-refractivity contribution in [2.24, 2.45) is 5.73 Å². The van der Waals surface area contributed by atoms with E-state index in [-0.39, 0.29) is 0 Å². The molecule has 0 spiro atoms. The number of nitrogens with two attached hydrogens (primary N) is 1. The number of hydrogen-bond acceptors (Lipinski definition) is 3. The van der Waals surface area contributed by atoms with Crippen LogP contribution in [0.15, 0.2) is 0 Å². The average molecular weight is 170 g/mol. The summed E-state index contributed by atoms with van der Waals surface area (Å²) in [7, 11) is 0. The Labute approximate surface area is 73.9 Å². The van der Waals surface area contributed by atoms with Gasteiger partial charge in [-0.15, -0.1) is 0 Å². The van der Waals surface area contributed by atoms with Crippen LogP contribution >= 0.6 is 0 Å². The maximum Gasteiger partial charge on any atom is 0.0636 e. The molecular formula is C9H18N2O. The van der Waals surface area contributed by atoms with Crippen LogP contribution in [0.3, 0.4) is 0 Å². The van der Waals surface area contributed by atoms with Gasteiger partial charge in [0.05, 0.1) is 6.61 Å². The van der Waals surface area contributed by atoms with Crippen LogP contribution in [0.4, 0.5) is 0 Å². The monoisotopic (exact) mass is 170 g/mol. The Kier molecular flexibility index (Phi) is 2.63. The molecule has 2 unspecified atom stereocenters. The molecule has 0 radical (unpaired) electrons. The summed E-state index contributed by atoms with van der Waals surface area (Å²) in [6.45, 7) is 4.15. The molecule has 2 rings (SSSR count). The third kappa shape index (κ3) is 1.63. The van der Waals surface area contributed by atoms with Gasteiger partial charge in [-0.2, -0.15) is 0 Å². The van der Waals surface area contributed by atoms with E-state index in [0.717, 1.165) is 19.6 Å². The Balaban J connectivity index is 1.91. The van der Waals surface area contributed by atoms with Crippen molar-refractivity contribution >= 4 is 0 Å². The minimum Gasteiger partial charge on any atom is -0.380 e. The fraction of sp³-hybridized carbons (Fsp3) is 1.00. The van der Waals surface area contributed by atoms with Crippen molar-refractivity contribution in [3.8, 4) is 0 Å². The first-order valence-corrected chi connectivity index (χ1v) is 4.95. The van der Waals surface area contributed by atoms with E-state index in [1.54, 1.807) is 0 Å². The molecule has 70 valence electrons. The topological polar surface area (TPSA) is 38.5 Å². The molecule has 0 aromatic heterocycles. The molecule has 0 aliphatic carbocycles. The van der Waals surface area contributed by atoms with E-state index in [0.29, 0.717) is 12.1 Å². The summed E-state index contributed by atoms with van der Waals surface area (Å²) in [6.07, 6.45) is 3.70. The Morgan fingerprint density at radius 1 is 1.25 bits per heavy atom. The van der Waals surface area contributed by atoms with Gasteiger partial charge in [-0.3, -0.25) is 4.90 Å². The predicted octanol–water partition coefficient (Wildman–Crippen LogP) is 0.198. The van der Waals surface area contributed by atoms with E-state index in [9.17, 15) is 0 Å². The van der Waals surface area contributed by atoms with Gasteiger partial charge in [0.2, 0.25) is 0 Å². The van der Waals surface area contributed by atoms with Gasteiger partial charge in [0.1, 0.15) is 0 Å². The smallest absolute Gasteiger partial charge is 0.0636 e. The highest BCUT2D eigenvalue weighted by Crippen LogP contribution is 2.17. The summed E-state index contributed by atoms with van der Waals surface area (Å²) in [5.41, 5.74) is 6.04. The van der Waals surface area contributed by atoms with E-state index in [1.807, 2.05) is 0 Å². The summed E-state index contributed by atoms with van der Waals surface area (Å²) in [4.78, 5) is 2.49. The summed E-state index contributed by atoms with van der Waals surface area (Å²) in [6, 6.07) is 0.845. The third-order valence-electron chi connectivity index (χ3n) is 2.99. The lowest BCUT2D eigenvalue weighted by molar-refractivity contribution is 0.0145. The summed E-state index contributed by atoms with van der Waals surface area (Å²) in [5, 5.41) is 0. The summed E-state index contributed by atoms with van der Waals surface area (Å²) >= 11 is 0. The van der Waals surface area contributed by atoms with Crippen LogP contribution in [0, 0.1) is 0 Å². The van der Waals surface area contributed by atoms with Gasteiger partial charge in [-0.1, -0.05) is 0 Å². The zero-order valence-corrected chi connectivity index (χ0v) is 7.54. The zero-order chi connectivity index (χ0) is 8.39. The maximum atomic E-state index is 6.04. The third-order valence-corrected chi connectivity index (χ3v) is 2.99. The first kappa shape index (κ1) is 8.48. The summed E-state index contributed by atoms with van der Waals surface area (Å²) < 4.78 is 5.44. The van der Waals surface area contributed by atoms with Gasteiger partial charge in [-0.05, 0) is 32.4 Å². The maximum absolute atomic E-state index is 6.04. The second-order valence-corrected chi connectivity index (χ2v) is 3.84. The Morgan fingerprint density at radius 3 is 2.67 bits per heavy atom. The van der Waals surface area contributed by atoms with E-state index in [2.05, 4.69) is 4.90 Å². The van der Waals surface area contributed by atoms with Gasteiger partial charge in [0.15, 0.2) is 0 Å². The van der Waals surface area contributed by atoms with E-state index >= 15 is 0 Å². The molecule has 2 aliphatic rings. The van der Waals surface area contributed by atoms with Crippen molar-refractivity contribution in [1.29, 1.82) is 0 Å². The first-order chi connectivity index (χ1) is 5.88. The minimum absolute atomic E-state index is 0.344. The van der Waals surface area contributed by atoms with Crippen LogP contribution in [0.25, 0.3) is 0 Å². The lowest BCUT2D eigenvalue weighted by atomic mass is 10.0. The normalized spacial score (nSPS) is 38.8. The van der Waals surface area contributed by atoms with Crippen molar-refractivity contribution in [2.75, 3.05) is 26.3 Å². The summed E-state index contributed by atoms with van der Waals surface area (Å²) in [5.74, 6) is 0. The molecule has 12 heavy (non-hydrogen) atoms. The van der Waals surface area contributed by atoms with Crippen molar-refractivity contribution in [1.82, 2.24) is 4.90 Å². The second-order valence-electron chi connectivity index (χ2n) is 3.84. The molecule has 0 amide bonds. The van der Waals surface area contributed by atoms with Gasteiger partial charge < -0.3 is 10.5 Å². The molecule has 0 aromatic rings. The van der Waals surface area contributed by atoms with Crippen LogP contribution in [0.5, 0.6) is 0 Å². The molecular weight excluding hydrogens is 152 g/mol. The molecule has 2 N–H and O–H groups in total. The second kappa shape index (κ2) is 3.73. The van der Waals surface area contributed by atoms with Crippen LogP contribution in [-0.2, 0) is 4.74 Å². The highest BCUT2D eigenvalue weighted by Gasteiger charge is 2.29. The fourth-order valence-corrected chi connectivity index (χ4v) is 2.19. The molecule has 0 saturated carbocycles. The number of hydrogen-bond donors (Lipinski definition) is 1. The lowest BCUT2D eigenvalue weighted by Gasteiger charge is -2.35. The average Bonchev–Trinajstić information content (AvgIpc) is 2.57. The number of ether oxygens (including phenoxy) is 1. The SMILES string of the molecule is NC1CCOCC1N1CCCC1. The molecule has 2 saturated heterocycles. The van der Waals surface area contributed by atoms with Crippen LogP contribution in [0.2, 0.25) is 0 Å². The standard InChI is InChI=1S/C9H18N2O/c10-8-3-6-12-7-9(8)11-4-1-2-5-11/h8-9H,1-7,10H2. The minimum atomic E-state index is 0.344. The van der Waals surface area contributed by atoms with Crippen molar-refractivity contribution in [3.05, 3.63) is 0 Å². The van der Waals surface area contributed by atoms with Crippen LogP contribution in [0.1, 0.15) is 19.3 Å². The molecule has 2 fully saturated rings. The highest BCUT2D eigenvalue weighted by atomic mass is 16.5. The van der Waals surface area contributed by atoms with Gasteiger partial charge in [0, 0.05) is 18.7 Å². The Bertz CT molecular complexity index is 145. The number of likely N-dealkylation sites (tertiary alicyclic amines) is 1. The van der Waals surface area contributed by atoms with E-state index < -0.39 is 0 Å². The van der Waals surface area contributed by atoms with Crippen molar-refractivity contribution < 1.29 is 4.74 Å². The number of rotatable bonds is 1. The molecule has 0 aromatic carbocycles. The predicted molar refractivity (Wildman–Crippen MR) is 48.0 cm³/mol. The fourth-order valence-electron chi connectivity index (χ4n) is 2.19. The largest absolute Gasteiger partial charge is 0.380 e. The van der Waals surface area contributed by atoms with Gasteiger partial charge >= 0.3 is 0 Å². The Hall–Kier alpha value is -0.120. The molecule has 3 nitrogen and oxygen atoms in total. The highest BCUT2D eigenvalue weighted by molar-refractivity contribution is 4.86. The van der Waals surface area contributed by atoms with Crippen LogP contribution < -0.4 is 5.73 Å². The molecule has 2 atom stereocenters. The quantitative estimate of drug-likeness (QED) is 0.611. The van der Waals surface area contributed by atoms with Crippen LogP contribution in [-0.4, -0.2) is 43.3 Å². The number of nitrogens with zero attached hydrogens (tertiary/aromatic N) is 1. The zero-order valence-electron chi connectivity index (χ0n) is 7.54. The van der Waals surface area contributed by atoms with Crippen molar-refractivity contribution in [2.45, 2.75) is 31.3 Å². The Morgan fingerprint density at radius 2 is 2.00 bits per heavy atom. The van der Waals surface area contributed by atoms with Crippen molar-refractivity contribution in [3.63, 3.8) is 0 Å².